The molecule has 2 aromatic rings. The molecule has 0 N–H and O–H groups in total. The van der Waals surface area contributed by atoms with Gasteiger partial charge in [0.25, 0.3) is 0 Å². The predicted molar refractivity (Wildman–Crippen MR) is 136 cm³/mol. The number of esters is 2. The molecule has 0 spiro atoms. The molecule has 0 saturated heterocycles. The van der Waals surface area contributed by atoms with Crippen LogP contribution >= 0.6 is 0 Å². The van der Waals surface area contributed by atoms with E-state index in [1.54, 1.807) is 30.3 Å². The zero-order chi connectivity index (χ0) is 24.4. The Bertz CT molecular complexity index is 868. The Morgan fingerprint density at radius 1 is 0.676 bits per heavy atom. The summed E-state index contributed by atoms with van der Waals surface area (Å²) in [6.07, 6.45) is 13.7. The zero-order valence-corrected chi connectivity index (χ0v) is 20.6. The van der Waals surface area contributed by atoms with Gasteiger partial charge in [0.1, 0.15) is 17.2 Å². The number of hydrogen-bond donors (Lipinski definition) is 0. The Labute approximate surface area is 204 Å². The van der Waals surface area contributed by atoms with Crippen LogP contribution in [0.5, 0.6) is 17.2 Å². The zero-order valence-electron chi connectivity index (χ0n) is 20.6. The van der Waals surface area contributed by atoms with Crippen LogP contribution in [0.25, 0.3) is 6.08 Å². The van der Waals surface area contributed by atoms with E-state index in [1.165, 1.54) is 31.8 Å². The first kappa shape index (κ1) is 27.2. The summed E-state index contributed by atoms with van der Waals surface area (Å²) >= 11 is 0. The van der Waals surface area contributed by atoms with E-state index in [0.717, 1.165) is 50.0 Å². The van der Waals surface area contributed by atoms with Gasteiger partial charge in [-0.2, -0.15) is 0 Å². The maximum Gasteiger partial charge on any atom is 0.336 e. The molecule has 5 nitrogen and oxygen atoms in total. The summed E-state index contributed by atoms with van der Waals surface area (Å²) in [5, 5.41) is 0. The van der Waals surface area contributed by atoms with Crippen molar-refractivity contribution in [3.63, 3.8) is 0 Å². The summed E-state index contributed by atoms with van der Waals surface area (Å²) < 4.78 is 16.4. The van der Waals surface area contributed by atoms with Crippen molar-refractivity contribution in [2.45, 2.75) is 78.1 Å². The first-order valence-electron chi connectivity index (χ1n) is 12.5. The highest BCUT2D eigenvalue weighted by atomic mass is 16.5. The minimum Gasteiger partial charge on any atom is -0.494 e. The number of carbonyl (C=O) groups excluding carboxylic acids is 2. The van der Waals surface area contributed by atoms with Gasteiger partial charge in [-0.05, 0) is 60.9 Å². The second-order valence-electron chi connectivity index (χ2n) is 8.34. The number of hydrogen-bond acceptors (Lipinski definition) is 5. The van der Waals surface area contributed by atoms with Crippen molar-refractivity contribution in [3.05, 3.63) is 60.2 Å². The van der Waals surface area contributed by atoms with Gasteiger partial charge in [-0.3, -0.25) is 4.79 Å². The summed E-state index contributed by atoms with van der Waals surface area (Å²) in [7, 11) is 0. The smallest absolute Gasteiger partial charge is 0.336 e. The third-order valence-corrected chi connectivity index (χ3v) is 5.32. The summed E-state index contributed by atoms with van der Waals surface area (Å²) in [5.41, 5.74) is 0.883. The highest BCUT2D eigenvalue weighted by Gasteiger charge is 2.06. The number of rotatable bonds is 16. The van der Waals surface area contributed by atoms with Gasteiger partial charge >= 0.3 is 11.9 Å². The fourth-order valence-corrected chi connectivity index (χ4v) is 3.34. The van der Waals surface area contributed by atoms with Gasteiger partial charge in [0, 0.05) is 12.5 Å². The molecule has 0 aliphatic heterocycles. The highest BCUT2D eigenvalue weighted by Crippen LogP contribution is 2.19. The summed E-state index contributed by atoms with van der Waals surface area (Å²) in [4.78, 5) is 24.0. The van der Waals surface area contributed by atoms with Crippen LogP contribution in [-0.4, -0.2) is 18.5 Å². The molecule has 2 aromatic carbocycles. The average Bonchev–Trinajstić information content (AvgIpc) is 2.85. The molecule has 0 atom stereocenters. The minimum atomic E-state index is -0.479. The standard InChI is InChI=1S/C29H38O5/c1-3-5-7-9-11-23-32-25-16-13-24(14-17-25)15-22-29(31)34-27-20-18-26(19-21-27)33-28(30)12-10-8-6-4-2/h13-22H,3-12,23H2,1-2H3/b22-15+. The van der Waals surface area contributed by atoms with Crippen molar-refractivity contribution >= 4 is 18.0 Å². The molecule has 2 rings (SSSR count). The molecule has 0 aliphatic carbocycles. The van der Waals surface area contributed by atoms with Crippen molar-refractivity contribution in [1.82, 2.24) is 0 Å². The van der Waals surface area contributed by atoms with E-state index >= 15 is 0 Å². The Morgan fingerprint density at radius 3 is 1.88 bits per heavy atom. The lowest BCUT2D eigenvalue weighted by atomic mass is 10.1. The highest BCUT2D eigenvalue weighted by molar-refractivity contribution is 5.88. The van der Waals surface area contributed by atoms with Gasteiger partial charge in [0.2, 0.25) is 0 Å². The van der Waals surface area contributed by atoms with E-state index in [9.17, 15) is 9.59 Å². The van der Waals surface area contributed by atoms with Gasteiger partial charge in [0.15, 0.2) is 0 Å². The molecule has 184 valence electrons. The van der Waals surface area contributed by atoms with Gasteiger partial charge < -0.3 is 14.2 Å². The van der Waals surface area contributed by atoms with Crippen molar-refractivity contribution in [3.8, 4) is 17.2 Å². The second kappa shape index (κ2) is 16.5. The monoisotopic (exact) mass is 466 g/mol. The molecule has 5 heteroatoms. The molecule has 0 unspecified atom stereocenters. The maximum atomic E-state index is 12.1. The minimum absolute atomic E-state index is 0.243. The topological polar surface area (TPSA) is 61.8 Å². The fourth-order valence-electron chi connectivity index (χ4n) is 3.34. The van der Waals surface area contributed by atoms with E-state index < -0.39 is 5.97 Å². The molecule has 0 heterocycles. The van der Waals surface area contributed by atoms with Crippen LogP contribution in [0.2, 0.25) is 0 Å². The van der Waals surface area contributed by atoms with Crippen LogP contribution in [-0.2, 0) is 9.59 Å². The Kier molecular flexibility index (Phi) is 13.2. The molecular formula is C29H38O5. The van der Waals surface area contributed by atoms with Crippen LogP contribution in [0, 0.1) is 0 Å². The number of unbranched alkanes of at least 4 members (excludes halogenated alkanes) is 7. The molecule has 0 fully saturated rings. The lowest BCUT2D eigenvalue weighted by molar-refractivity contribution is -0.134. The van der Waals surface area contributed by atoms with Crippen LogP contribution < -0.4 is 14.2 Å². The van der Waals surface area contributed by atoms with E-state index in [2.05, 4.69) is 13.8 Å². The number of carbonyl (C=O) groups is 2. The third kappa shape index (κ3) is 11.7. The molecule has 0 radical (unpaired) electrons. The summed E-state index contributed by atoms with van der Waals surface area (Å²) in [5.74, 6) is 0.941. The van der Waals surface area contributed by atoms with Crippen LogP contribution in [0.3, 0.4) is 0 Å². The van der Waals surface area contributed by atoms with E-state index in [0.29, 0.717) is 17.9 Å². The number of ether oxygens (including phenoxy) is 3. The van der Waals surface area contributed by atoms with Crippen molar-refractivity contribution in [2.24, 2.45) is 0 Å². The molecule has 0 bridgehead atoms. The van der Waals surface area contributed by atoms with Crippen molar-refractivity contribution in [1.29, 1.82) is 0 Å². The van der Waals surface area contributed by atoms with Gasteiger partial charge in [-0.25, -0.2) is 4.79 Å². The predicted octanol–water partition coefficient (Wildman–Crippen LogP) is 7.53. The normalized spacial score (nSPS) is 10.9. The quantitative estimate of drug-likeness (QED) is 0.111. The molecule has 0 saturated carbocycles. The lowest BCUT2D eigenvalue weighted by Gasteiger charge is -2.06. The van der Waals surface area contributed by atoms with Gasteiger partial charge in [-0.1, -0.05) is 70.9 Å². The van der Waals surface area contributed by atoms with E-state index in [1.807, 2.05) is 24.3 Å². The van der Waals surface area contributed by atoms with Crippen molar-refractivity contribution in [2.75, 3.05) is 6.61 Å². The van der Waals surface area contributed by atoms with Crippen LogP contribution in [0.1, 0.15) is 83.6 Å². The summed E-state index contributed by atoms with van der Waals surface area (Å²) in [6, 6.07) is 14.1. The van der Waals surface area contributed by atoms with Gasteiger partial charge in [-0.15, -0.1) is 0 Å². The lowest BCUT2D eigenvalue weighted by Crippen LogP contribution is -2.07. The average molecular weight is 467 g/mol. The molecule has 0 aliphatic rings. The second-order valence-corrected chi connectivity index (χ2v) is 8.34. The maximum absolute atomic E-state index is 12.1. The molecule has 0 amide bonds. The van der Waals surface area contributed by atoms with Gasteiger partial charge in [0.05, 0.1) is 6.61 Å². The Hall–Kier alpha value is -3.08. The third-order valence-electron chi connectivity index (χ3n) is 5.32. The molecule has 34 heavy (non-hydrogen) atoms. The molecular weight excluding hydrogens is 428 g/mol. The SMILES string of the molecule is CCCCCCCOc1ccc(/C=C/C(=O)Oc2ccc(OC(=O)CCCCCC)cc2)cc1. The van der Waals surface area contributed by atoms with Crippen LogP contribution in [0.15, 0.2) is 54.6 Å². The largest absolute Gasteiger partial charge is 0.494 e. The molecule has 0 aromatic heterocycles. The van der Waals surface area contributed by atoms with E-state index in [-0.39, 0.29) is 5.97 Å². The van der Waals surface area contributed by atoms with Crippen LogP contribution in [0.4, 0.5) is 0 Å². The van der Waals surface area contributed by atoms with Crippen molar-refractivity contribution < 1.29 is 23.8 Å². The first-order valence-corrected chi connectivity index (χ1v) is 12.5. The van der Waals surface area contributed by atoms with E-state index in [4.69, 9.17) is 14.2 Å². The first-order chi connectivity index (χ1) is 16.6. The Balaban J connectivity index is 1.71. The fraction of sp³-hybridized carbons (Fsp3) is 0.448. The number of benzene rings is 2. The Morgan fingerprint density at radius 2 is 1.24 bits per heavy atom. The summed E-state index contributed by atoms with van der Waals surface area (Å²) in [6.45, 7) is 5.06.